The minimum absolute atomic E-state index is 0.139. The summed E-state index contributed by atoms with van der Waals surface area (Å²) in [4.78, 5) is 18.7. The SMILES string of the molecule is C[C@@H](CCNC(=O)NCc1ccnc(N2CCOCC2)c1)c1ccccc1. The molecular weight excluding hydrogens is 340 g/mol. The van der Waals surface area contributed by atoms with E-state index in [0.717, 1.165) is 44.1 Å². The summed E-state index contributed by atoms with van der Waals surface area (Å²) in [6, 6.07) is 14.2. The lowest BCUT2D eigenvalue weighted by Crippen LogP contribution is -2.37. The van der Waals surface area contributed by atoms with E-state index in [4.69, 9.17) is 4.74 Å². The molecule has 0 spiro atoms. The fraction of sp³-hybridized carbons (Fsp3) is 0.429. The number of morpholine rings is 1. The molecular formula is C21H28N4O2. The molecule has 2 aromatic rings. The first-order valence-electron chi connectivity index (χ1n) is 9.56. The highest BCUT2D eigenvalue weighted by Crippen LogP contribution is 2.17. The van der Waals surface area contributed by atoms with Crippen LogP contribution in [0.5, 0.6) is 0 Å². The molecule has 0 bridgehead atoms. The van der Waals surface area contributed by atoms with Crippen molar-refractivity contribution in [3.05, 3.63) is 59.8 Å². The van der Waals surface area contributed by atoms with E-state index in [2.05, 4.69) is 39.6 Å². The Kier molecular flexibility index (Phi) is 7.04. The number of anilines is 1. The average molecular weight is 368 g/mol. The van der Waals surface area contributed by atoms with Gasteiger partial charge in [0.1, 0.15) is 5.82 Å². The van der Waals surface area contributed by atoms with Crippen LogP contribution in [0.3, 0.4) is 0 Å². The third-order valence-corrected chi connectivity index (χ3v) is 4.83. The average Bonchev–Trinajstić information content (AvgIpc) is 2.73. The van der Waals surface area contributed by atoms with Gasteiger partial charge in [-0.2, -0.15) is 0 Å². The maximum Gasteiger partial charge on any atom is 0.315 e. The second kappa shape index (κ2) is 9.92. The molecule has 0 unspecified atom stereocenters. The minimum Gasteiger partial charge on any atom is -0.378 e. The number of ether oxygens (including phenoxy) is 1. The number of amides is 2. The number of nitrogens with zero attached hydrogens (tertiary/aromatic N) is 2. The summed E-state index contributed by atoms with van der Waals surface area (Å²) >= 11 is 0. The zero-order chi connectivity index (χ0) is 18.9. The molecule has 0 saturated carbocycles. The highest BCUT2D eigenvalue weighted by molar-refractivity contribution is 5.73. The predicted octanol–water partition coefficient (Wildman–Crippen LogP) is 2.91. The van der Waals surface area contributed by atoms with Crippen molar-refractivity contribution in [1.29, 1.82) is 0 Å². The van der Waals surface area contributed by atoms with Crippen molar-refractivity contribution in [2.24, 2.45) is 0 Å². The summed E-state index contributed by atoms with van der Waals surface area (Å²) in [6.45, 7) is 6.48. The topological polar surface area (TPSA) is 66.5 Å². The number of carbonyl (C=O) groups excluding carboxylic acids is 1. The summed E-state index contributed by atoms with van der Waals surface area (Å²) in [5, 5.41) is 5.86. The molecule has 0 aliphatic carbocycles. The van der Waals surface area contributed by atoms with Crippen LogP contribution in [0.1, 0.15) is 30.4 Å². The van der Waals surface area contributed by atoms with Crippen molar-refractivity contribution in [2.45, 2.75) is 25.8 Å². The number of hydrogen-bond acceptors (Lipinski definition) is 4. The number of benzene rings is 1. The third kappa shape index (κ3) is 5.96. The van der Waals surface area contributed by atoms with Crippen molar-refractivity contribution in [2.75, 3.05) is 37.7 Å². The molecule has 1 aliphatic rings. The summed E-state index contributed by atoms with van der Waals surface area (Å²) in [5.74, 6) is 1.36. The van der Waals surface area contributed by atoms with Gasteiger partial charge in [0.15, 0.2) is 0 Å². The van der Waals surface area contributed by atoms with Gasteiger partial charge in [0.2, 0.25) is 0 Å². The first-order chi connectivity index (χ1) is 13.2. The van der Waals surface area contributed by atoms with Crippen LogP contribution in [0.25, 0.3) is 0 Å². The Hall–Kier alpha value is -2.60. The summed E-state index contributed by atoms with van der Waals surface area (Å²) in [5.41, 5.74) is 2.34. The van der Waals surface area contributed by atoms with Crippen LogP contribution in [0.4, 0.5) is 10.6 Å². The van der Waals surface area contributed by atoms with E-state index in [9.17, 15) is 4.79 Å². The third-order valence-electron chi connectivity index (χ3n) is 4.83. The number of urea groups is 1. The van der Waals surface area contributed by atoms with Crippen LogP contribution < -0.4 is 15.5 Å². The van der Waals surface area contributed by atoms with E-state index < -0.39 is 0 Å². The van der Waals surface area contributed by atoms with Gasteiger partial charge in [-0.3, -0.25) is 0 Å². The Balaban J connectivity index is 1.40. The van der Waals surface area contributed by atoms with E-state index in [1.165, 1.54) is 5.56 Å². The molecule has 0 radical (unpaired) electrons. The second-order valence-corrected chi connectivity index (χ2v) is 6.83. The molecule has 1 saturated heterocycles. The first-order valence-corrected chi connectivity index (χ1v) is 9.56. The first kappa shape index (κ1) is 19.2. The van der Waals surface area contributed by atoms with E-state index in [-0.39, 0.29) is 6.03 Å². The summed E-state index contributed by atoms with van der Waals surface area (Å²) < 4.78 is 5.38. The molecule has 3 rings (SSSR count). The molecule has 2 amide bonds. The molecule has 1 atom stereocenters. The Morgan fingerprint density at radius 3 is 2.74 bits per heavy atom. The van der Waals surface area contributed by atoms with E-state index in [1.54, 1.807) is 6.20 Å². The number of nitrogens with one attached hydrogen (secondary N) is 2. The van der Waals surface area contributed by atoms with E-state index >= 15 is 0 Å². The lowest BCUT2D eigenvalue weighted by Gasteiger charge is -2.28. The number of aromatic nitrogens is 1. The van der Waals surface area contributed by atoms with Gasteiger partial charge in [-0.25, -0.2) is 9.78 Å². The molecule has 144 valence electrons. The van der Waals surface area contributed by atoms with Crippen LogP contribution in [0.2, 0.25) is 0 Å². The normalized spacial score (nSPS) is 15.2. The van der Waals surface area contributed by atoms with Crippen molar-refractivity contribution < 1.29 is 9.53 Å². The minimum atomic E-state index is -0.139. The monoisotopic (exact) mass is 368 g/mol. The number of carbonyl (C=O) groups is 1. The lowest BCUT2D eigenvalue weighted by molar-refractivity contribution is 0.122. The molecule has 1 aliphatic heterocycles. The van der Waals surface area contributed by atoms with Crippen LogP contribution >= 0.6 is 0 Å². The number of rotatable bonds is 7. The van der Waals surface area contributed by atoms with Gasteiger partial charge in [0.05, 0.1) is 13.2 Å². The van der Waals surface area contributed by atoms with Crippen molar-refractivity contribution in [1.82, 2.24) is 15.6 Å². The Labute approximate surface area is 160 Å². The van der Waals surface area contributed by atoms with Gasteiger partial charge in [-0.15, -0.1) is 0 Å². The Morgan fingerprint density at radius 1 is 1.19 bits per heavy atom. The highest BCUT2D eigenvalue weighted by Gasteiger charge is 2.12. The highest BCUT2D eigenvalue weighted by atomic mass is 16.5. The van der Waals surface area contributed by atoms with Gasteiger partial charge < -0.3 is 20.3 Å². The fourth-order valence-corrected chi connectivity index (χ4v) is 3.13. The Morgan fingerprint density at radius 2 is 1.96 bits per heavy atom. The summed E-state index contributed by atoms with van der Waals surface area (Å²) in [7, 11) is 0. The maximum absolute atomic E-state index is 12.1. The van der Waals surface area contributed by atoms with Crippen LogP contribution in [-0.2, 0) is 11.3 Å². The van der Waals surface area contributed by atoms with Crippen LogP contribution in [0.15, 0.2) is 48.7 Å². The predicted molar refractivity (Wildman–Crippen MR) is 107 cm³/mol. The zero-order valence-electron chi connectivity index (χ0n) is 15.9. The molecule has 1 aromatic heterocycles. The number of hydrogen-bond donors (Lipinski definition) is 2. The Bertz CT molecular complexity index is 717. The number of pyridine rings is 1. The van der Waals surface area contributed by atoms with Crippen molar-refractivity contribution >= 4 is 11.8 Å². The maximum atomic E-state index is 12.1. The fourth-order valence-electron chi connectivity index (χ4n) is 3.13. The van der Waals surface area contributed by atoms with Crippen LogP contribution in [-0.4, -0.2) is 43.9 Å². The van der Waals surface area contributed by atoms with Crippen molar-refractivity contribution in [3.63, 3.8) is 0 Å². The molecule has 2 N–H and O–H groups in total. The van der Waals surface area contributed by atoms with Crippen molar-refractivity contribution in [3.8, 4) is 0 Å². The molecule has 6 nitrogen and oxygen atoms in total. The van der Waals surface area contributed by atoms with E-state index in [1.807, 2.05) is 30.3 Å². The quantitative estimate of drug-likeness (QED) is 0.789. The largest absolute Gasteiger partial charge is 0.378 e. The molecule has 27 heavy (non-hydrogen) atoms. The van der Waals surface area contributed by atoms with Gasteiger partial charge in [0, 0.05) is 32.4 Å². The van der Waals surface area contributed by atoms with Gasteiger partial charge >= 0.3 is 6.03 Å². The molecule has 2 heterocycles. The van der Waals surface area contributed by atoms with Crippen LogP contribution in [0, 0.1) is 0 Å². The molecule has 6 heteroatoms. The van der Waals surface area contributed by atoms with Gasteiger partial charge in [0.25, 0.3) is 0 Å². The standard InChI is InChI=1S/C21H28N4O2/c1-17(19-5-3-2-4-6-19)7-9-23-21(26)24-16-18-8-10-22-20(15-18)25-11-13-27-14-12-25/h2-6,8,10,15,17H,7,9,11-14,16H2,1H3,(H2,23,24,26)/t17-/m0/s1. The molecule has 1 fully saturated rings. The second-order valence-electron chi connectivity index (χ2n) is 6.83. The summed E-state index contributed by atoms with van der Waals surface area (Å²) in [6.07, 6.45) is 2.70. The van der Waals surface area contributed by atoms with Gasteiger partial charge in [-0.1, -0.05) is 37.3 Å². The van der Waals surface area contributed by atoms with Gasteiger partial charge in [-0.05, 0) is 35.6 Å². The zero-order valence-corrected chi connectivity index (χ0v) is 15.9. The molecule has 1 aromatic carbocycles. The lowest BCUT2D eigenvalue weighted by atomic mass is 9.98. The smallest absolute Gasteiger partial charge is 0.315 e. The van der Waals surface area contributed by atoms with E-state index in [0.29, 0.717) is 19.0 Å².